The van der Waals surface area contributed by atoms with Crippen LogP contribution in [-0.4, -0.2) is 33.5 Å². The maximum absolute atomic E-state index is 12.5. The summed E-state index contributed by atoms with van der Waals surface area (Å²) in [5, 5.41) is 10.9. The van der Waals surface area contributed by atoms with Crippen LogP contribution in [0.2, 0.25) is 0 Å². The highest BCUT2D eigenvalue weighted by molar-refractivity contribution is 5.67. The van der Waals surface area contributed by atoms with Gasteiger partial charge in [-0.15, -0.1) is 5.10 Å². The number of rotatable bonds is 4. The molecule has 0 saturated carbocycles. The van der Waals surface area contributed by atoms with Gasteiger partial charge in [-0.3, -0.25) is 0 Å². The molecule has 0 aliphatic rings. The molecule has 0 radical (unpaired) electrons. The molecule has 0 bridgehead atoms. The third-order valence-corrected chi connectivity index (χ3v) is 2.90. The van der Waals surface area contributed by atoms with Crippen LogP contribution in [0, 0.1) is 0 Å². The SMILES string of the molecule is COc1cc(N)ccc1-c1nnnn1C(C)CC(F)(F)F. The van der Waals surface area contributed by atoms with Gasteiger partial charge >= 0.3 is 6.18 Å². The number of benzene rings is 1. The number of nitrogens with two attached hydrogens (primary N) is 1. The lowest BCUT2D eigenvalue weighted by Crippen LogP contribution is -2.18. The Labute approximate surface area is 118 Å². The summed E-state index contributed by atoms with van der Waals surface area (Å²) < 4.78 is 43.8. The van der Waals surface area contributed by atoms with E-state index in [1.54, 1.807) is 18.2 Å². The number of ether oxygens (including phenoxy) is 1. The van der Waals surface area contributed by atoms with Gasteiger partial charge in [0.15, 0.2) is 5.82 Å². The van der Waals surface area contributed by atoms with Crippen LogP contribution in [0.25, 0.3) is 11.4 Å². The molecule has 21 heavy (non-hydrogen) atoms. The van der Waals surface area contributed by atoms with Crippen molar-refractivity contribution in [1.82, 2.24) is 20.2 Å². The largest absolute Gasteiger partial charge is 0.496 e. The fraction of sp³-hybridized carbons (Fsp3) is 0.417. The summed E-state index contributed by atoms with van der Waals surface area (Å²) in [4.78, 5) is 0. The fourth-order valence-electron chi connectivity index (χ4n) is 1.98. The molecular weight excluding hydrogens is 287 g/mol. The van der Waals surface area contributed by atoms with E-state index in [1.165, 1.54) is 14.0 Å². The van der Waals surface area contributed by atoms with Crippen LogP contribution in [0.1, 0.15) is 19.4 Å². The quantitative estimate of drug-likeness (QED) is 0.877. The summed E-state index contributed by atoms with van der Waals surface area (Å²) in [7, 11) is 1.44. The van der Waals surface area contributed by atoms with Crippen LogP contribution in [-0.2, 0) is 0 Å². The van der Waals surface area contributed by atoms with Crippen molar-refractivity contribution in [3.05, 3.63) is 18.2 Å². The lowest BCUT2D eigenvalue weighted by molar-refractivity contribution is -0.142. The average molecular weight is 301 g/mol. The predicted molar refractivity (Wildman–Crippen MR) is 69.6 cm³/mol. The first kappa shape index (κ1) is 15.1. The number of alkyl halides is 3. The molecule has 0 fully saturated rings. The van der Waals surface area contributed by atoms with E-state index in [4.69, 9.17) is 10.5 Å². The number of methoxy groups -OCH3 is 1. The zero-order valence-electron chi connectivity index (χ0n) is 11.4. The smallest absolute Gasteiger partial charge is 0.391 e. The minimum atomic E-state index is -4.30. The normalized spacial score (nSPS) is 13.2. The van der Waals surface area contributed by atoms with Crippen molar-refractivity contribution in [1.29, 1.82) is 0 Å². The number of hydrogen-bond donors (Lipinski definition) is 1. The Kier molecular flexibility index (Phi) is 4.01. The van der Waals surface area contributed by atoms with Crippen molar-refractivity contribution in [3.8, 4) is 17.1 Å². The van der Waals surface area contributed by atoms with Crippen molar-refractivity contribution >= 4 is 5.69 Å². The maximum atomic E-state index is 12.5. The molecule has 1 aromatic heterocycles. The Morgan fingerprint density at radius 2 is 2.10 bits per heavy atom. The summed E-state index contributed by atoms with van der Waals surface area (Å²) >= 11 is 0. The Hall–Kier alpha value is -2.32. The summed E-state index contributed by atoms with van der Waals surface area (Å²) in [5.74, 6) is 0.592. The Morgan fingerprint density at radius 1 is 1.38 bits per heavy atom. The summed E-state index contributed by atoms with van der Waals surface area (Å²) in [5.41, 5.74) is 6.60. The Bertz CT molecular complexity index is 626. The van der Waals surface area contributed by atoms with Gasteiger partial charge in [0.25, 0.3) is 0 Å². The second kappa shape index (κ2) is 5.58. The third-order valence-electron chi connectivity index (χ3n) is 2.90. The van der Waals surface area contributed by atoms with Gasteiger partial charge < -0.3 is 10.5 Å². The minimum Gasteiger partial charge on any atom is -0.496 e. The number of nitrogen functional groups attached to an aromatic ring is 1. The van der Waals surface area contributed by atoms with E-state index in [0.717, 1.165) is 4.68 Å². The molecule has 1 heterocycles. The second-order valence-electron chi connectivity index (χ2n) is 4.58. The summed E-state index contributed by atoms with van der Waals surface area (Å²) in [6, 6.07) is 3.84. The summed E-state index contributed by atoms with van der Waals surface area (Å²) in [6.07, 6.45) is -5.32. The topological polar surface area (TPSA) is 78.8 Å². The van der Waals surface area contributed by atoms with Crippen molar-refractivity contribution in [2.24, 2.45) is 0 Å². The van der Waals surface area contributed by atoms with Crippen LogP contribution in [0.15, 0.2) is 18.2 Å². The van der Waals surface area contributed by atoms with Gasteiger partial charge in [0.2, 0.25) is 0 Å². The molecule has 9 heteroatoms. The van der Waals surface area contributed by atoms with E-state index in [9.17, 15) is 13.2 Å². The highest BCUT2D eigenvalue weighted by Gasteiger charge is 2.32. The number of tetrazole rings is 1. The van der Waals surface area contributed by atoms with Crippen molar-refractivity contribution in [3.63, 3.8) is 0 Å². The van der Waals surface area contributed by atoms with E-state index in [-0.39, 0.29) is 5.82 Å². The van der Waals surface area contributed by atoms with E-state index in [0.29, 0.717) is 17.0 Å². The van der Waals surface area contributed by atoms with Crippen LogP contribution < -0.4 is 10.5 Å². The molecule has 2 rings (SSSR count). The Balaban J connectivity index is 2.41. The molecule has 1 atom stereocenters. The monoisotopic (exact) mass is 301 g/mol. The number of halogens is 3. The van der Waals surface area contributed by atoms with Crippen molar-refractivity contribution < 1.29 is 17.9 Å². The van der Waals surface area contributed by atoms with Crippen molar-refractivity contribution in [2.45, 2.75) is 25.6 Å². The third kappa shape index (κ3) is 3.41. The highest BCUT2D eigenvalue weighted by Crippen LogP contribution is 2.33. The van der Waals surface area contributed by atoms with Gasteiger partial charge in [0, 0.05) is 11.8 Å². The van der Waals surface area contributed by atoms with E-state index < -0.39 is 18.6 Å². The molecule has 2 N–H and O–H groups in total. The van der Waals surface area contributed by atoms with Gasteiger partial charge in [0.05, 0.1) is 25.1 Å². The first-order chi connectivity index (χ1) is 9.81. The van der Waals surface area contributed by atoms with E-state index in [1.807, 2.05) is 0 Å². The fourth-order valence-corrected chi connectivity index (χ4v) is 1.98. The average Bonchev–Trinajstić information content (AvgIpc) is 2.85. The van der Waals surface area contributed by atoms with Crippen LogP contribution in [0.4, 0.5) is 18.9 Å². The zero-order chi connectivity index (χ0) is 15.6. The van der Waals surface area contributed by atoms with Crippen LogP contribution in [0.3, 0.4) is 0 Å². The van der Waals surface area contributed by atoms with Gasteiger partial charge in [-0.05, 0) is 29.5 Å². The zero-order valence-corrected chi connectivity index (χ0v) is 11.4. The van der Waals surface area contributed by atoms with Gasteiger partial charge in [-0.2, -0.15) is 13.2 Å². The number of nitrogens with zero attached hydrogens (tertiary/aromatic N) is 4. The van der Waals surface area contributed by atoms with E-state index in [2.05, 4.69) is 15.5 Å². The predicted octanol–water partition coefficient (Wildman–Crippen LogP) is 2.44. The molecule has 114 valence electrons. The first-order valence-electron chi connectivity index (χ1n) is 6.10. The standard InChI is InChI=1S/C12H14F3N5O/c1-7(6-12(13,14)15)20-11(17-18-19-20)9-4-3-8(16)5-10(9)21-2/h3-5,7H,6,16H2,1-2H3. The van der Waals surface area contributed by atoms with E-state index >= 15 is 0 Å². The Morgan fingerprint density at radius 3 is 2.71 bits per heavy atom. The molecule has 6 nitrogen and oxygen atoms in total. The highest BCUT2D eigenvalue weighted by atomic mass is 19.4. The molecule has 0 saturated heterocycles. The molecule has 0 amide bonds. The molecule has 1 aromatic carbocycles. The first-order valence-corrected chi connectivity index (χ1v) is 6.10. The molecular formula is C12H14F3N5O. The minimum absolute atomic E-state index is 0.198. The molecule has 2 aromatic rings. The molecule has 1 unspecified atom stereocenters. The lowest BCUT2D eigenvalue weighted by Gasteiger charge is -2.16. The van der Waals surface area contributed by atoms with Crippen molar-refractivity contribution in [2.75, 3.05) is 12.8 Å². The van der Waals surface area contributed by atoms with Crippen LogP contribution in [0.5, 0.6) is 5.75 Å². The molecule has 0 aliphatic heterocycles. The molecule has 0 aliphatic carbocycles. The van der Waals surface area contributed by atoms with Gasteiger partial charge in [-0.25, -0.2) is 4.68 Å². The van der Waals surface area contributed by atoms with Gasteiger partial charge in [0.1, 0.15) is 5.75 Å². The summed E-state index contributed by atoms with van der Waals surface area (Å²) in [6.45, 7) is 1.40. The number of aromatic nitrogens is 4. The second-order valence-corrected chi connectivity index (χ2v) is 4.58. The number of anilines is 1. The maximum Gasteiger partial charge on any atom is 0.391 e. The van der Waals surface area contributed by atoms with Crippen LogP contribution >= 0.6 is 0 Å². The number of hydrogen-bond acceptors (Lipinski definition) is 5. The lowest BCUT2D eigenvalue weighted by atomic mass is 10.1. The molecule has 0 spiro atoms. The van der Waals surface area contributed by atoms with Gasteiger partial charge in [-0.1, -0.05) is 0 Å².